The van der Waals surface area contributed by atoms with Crippen LogP contribution in [0.3, 0.4) is 0 Å². The van der Waals surface area contributed by atoms with E-state index in [2.05, 4.69) is 0 Å². The molecule has 0 radical (unpaired) electrons. The summed E-state index contributed by atoms with van der Waals surface area (Å²) >= 11 is 0. The molecule has 0 amide bonds. The van der Waals surface area contributed by atoms with Crippen LogP contribution in [0.25, 0.3) is 0 Å². The van der Waals surface area contributed by atoms with Crippen molar-refractivity contribution in [1.29, 1.82) is 0 Å². The molecule has 0 saturated heterocycles. The van der Waals surface area contributed by atoms with Gasteiger partial charge < -0.3 is 14.9 Å². The first-order valence-electron chi connectivity index (χ1n) is 4.77. The van der Waals surface area contributed by atoms with Crippen LogP contribution in [-0.4, -0.2) is 22.8 Å². The summed E-state index contributed by atoms with van der Waals surface area (Å²) in [4.78, 5) is 11.0. The van der Waals surface area contributed by atoms with E-state index in [0.29, 0.717) is 13.0 Å². The predicted molar refractivity (Wildman–Crippen MR) is 55.3 cm³/mol. The molecule has 4 nitrogen and oxygen atoms in total. The zero-order chi connectivity index (χ0) is 11.3. The van der Waals surface area contributed by atoms with Crippen LogP contribution in [0.1, 0.15) is 13.3 Å². The van der Waals surface area contributed by atoms with Gasteiger partial charge in [0.1, 0.15) is 5.76 Å². The van der Waals surface area contributed by atoms with Gasteiger partial charge >= 0.3 is 5.97 Å². The quantitative estimate of drug-likeness (QED) is 0.552. The SMILES string of the molecule is CCOC(=O)C=CC1C=CC(O)=C(O)C1. The summed E-state index contributed by atoms with van der Waals surface area (Å²) in [5, 5.41) is 18.3. The highest BCUT2D eigenvalue weighted by molar-refractivity contribution is 5.81. The molecule has 0 aromatic heterocycles. The normalized spacial score (nSPS) is 21.0. The van der Waals surface area contributed by atoms with Crippen molar-refractivity contribution in [2.45, 2.75) is 13.3 Å². The Labute approximate surface area is 88.2 Å². The minimum atomic E-state index is -0.399. The van der Waals surface area contributed by atoms with E-state index in [0.717, 1.165) is 0 Å². The summed E-state index contributed by atoms with van der Waals surface area (Å²) in [5.41, 5.74) is 0. The van der Waals surface area contributed by atoms with Gasteiger partial charge in [0.05, 0.1) is 6.61 Å². The van der Waals surface area contributed by atoms with Crippen LogP contribution in [0.2, 0.25) is 0 Å². The van der Waals surface area contributed by atoms with Gasteiger partial charge in [-0.05, 0) is 13.0 Å². The molecule has 0 heterocycles. The Kier molecular flexibility index (Phi) is 3.97. The van der Waals surface area contributed by atoms with Gasteiger partial charge in [0, 0.05) is 18.4 Å². The fourth-order valence-corrected chi connectivity index (χ4v) is 1.23. The lowest BCUT2D eigenvalue weighted by Crippen LogP contribution is -2.05. The van der Waals surface area contributed by atoms with Crippen LogP contribution in [0.15, 0.2) is 35.8 Å². The second kappa shape index (κ2) is 5.24. The lowest BCUT2D eigenvalue weighted by molar-refractivity contribution is -0.137. The average molecular weight is 210 g/mol. The van der Waals surface area contributed by atoms with Gasteiger partial charge in [-0.1, -0.05) is 12.2 Å². The van der Waals surface area contributed by atoms with Crippen molar-refractivity contribution >= 4 is 5.97 Å². The number of esters is 1. The zero-order valence-corrected chi connectivity index (χ0v) is 8.51. The lowest BCUT2D eigenvalue weighted by atomic mass is 9.98. The number of aliphatic hydroxyl groups is 2. The van der Waals surface area contributed by atoms with Crippen molar-refractivity contribution in [2.75, 3.05) is 6.61 Å². The molecule has 0 saturated carbocycles. The van der Waals surface area contributed by atoms with Crippen LogP contribution in [0, 0.1) is 5.92 Å². The highest BCUT2D eigenvalue weighted by Crippen LogP contribution is 2.21. The van der Waals surface area contributed by atoms with E-state index in [4.69, 9.17) is 9.84 Å². The minimum absolute atomic E-state index is 0.0593. The molecule has 0 aromatic rings. The molecule has 0 aromatic carbocycles. The molecule has 0 aliphatic heterocycles. The molecule has 4 heteroatoms. The van der Waals surface area contributed by atoms with Gasteiger partial charge in [-0.25, -0.2) is 4.79 Å². The number of hydrogen-bond acceptors (Lipinski definition) is 4. The molecule has 1 aliphatic rings. The summed E-state index contributed by atoms with van der Waals surface area (Å²) in [7, 11) is 0. The summed E-state index contributed by atoms with van der Waals surface area (Å²) in [6.07, 6.45) is 6.40. The van der Waals surface area contributed by atoms with Gasteiger partial charge in [0.2, 0.25) is 0 Å². The summed E-state index contributed by atoms with van der Waals surface area (Å²) in [5.74, 6) is -0.652. The largest absolute Gasteiger partial charge is 0.508 e. The molecular weight excluding hydrogens is 196 g/mol. The minimum Gasteiger partial charge on any atom is -0.508 e. The van der Waals surface area contributed by atoms with Crippen molar-refractivity contribution in [1.82, 2.24) is 0 Å². The third kappa shape index (κ3) is 3.50. The van der Waals surface area contributed by atoms with Crippen LogP contribution in [0.5, 0.6) is 0 Å². The number of aliphatic hydroxyl groups excluding tert-OH is 2. The standard InChI is InChI=1S/C11H14O4/c1-2-15-11(14)6-4-8-3-5-9(12)10(13)7-8/h3-6,8,12-13H,2,7H2,1H3. The fraction of sp³-hybridized carbons (Fsp3) is 0.364. The Balaban J connectivity index is 2.49. The predicted octanol–water partition coefficient (Wildman–Crippen LogP) is 2.01. The highest BCUT2D eigenvalue weighted by Gasteiger charge is 2.12. The maximum Gasteiger partial charge on any atom is 0.330 e. The smallest absolute Gasteiger partial charge is 0.330 e. The first-order chi connectivity index (χ1) is 7.13. The van der Waals surface area contributed by atoms with Crippen LogP contribution in [0.4, 0.5) is 0 Å². The first-order valence-corrected chi connectivity index (χ1v) is 4.77. The molecule has 1 unspecified atom stereocenters. The Hall–Kier alpha value is -1.71. The number of hydrogen-bond donors (Lipinski definition) is 2. The number of carbonyl (C=O) groups excluding carboxylic acids is 1. The monoisotopic (exact) mass is 210 g/mol. The van der Waals surface area contributed by atoms with E-state index >= 15 is 0 Å². The Morgan fingerprint density at radius 3 is 3.00 bits per heavy atom. The van der Waals surface area contributed by atoms with E-state index < -0.39 is 5.97 Å². The van der Waals surface area contributed by atoms with Crippen molar-refractivity contribution in [3.8, 4) is 0 Å². The molecule has 0 fully saturated rings. The van der Waals surface area contributed by atoms with Crippen LogP contribution < -0.4 is 0 Å². The number of allylic oxidation sites excluding steroid dienone is 4. The zero-order valence-electron chi connectivity index (χ0n) is 8.51. The maximum atomic E-state index is 11.0. The van der Waals surface area contributed by atoms with Crippen LogP contribution >= 0.6 is 0 Å². The van der Waals surface area contributed by atoms with Gasteiger partial charge in [-0.3, -0.25) is 0 Å². The average Bonchev–Trinajstić information content (AvgIpc) is 2.20. The van der Waals surface area contributed by atoms with Crippen molar-refractivity contribution in [2.24, 2.45) is 5.92 Å². The molecule has 0 bridgehead atoms. The molecular formula is C11H14O4. The third-order valence-corrected chi connectivity index (χ3v) is 1.99. The Morgan fingerprint density at radius 2 is 2.40 bits per heavy atom. The summed E-state index contributed by atoms with van der Waals surface area (Å²) in [6, 6.07) is 0. The van der Waals surface area contributed by atoms with Gasteiger partial charge in [-0.15, -0.1) is 0 Å². The number of rotatable bonds is 3. The van der Waals surface area contributed by atoms with Crippen molar-refractivity contribution in [3.05, 3.63) is 35.8 Å². The maximum absolute atomic E-state index is 11.0. The van der Waals surface area contributed by atoms with Gasteiger partial charge in [-0.2, -0.15) is 0 Å². The van der Waals surface area contributed by atoms with Crippen LogP contribution in [-0.2, 0) is 9.53 Å². The Bertz CT molecular complexity index is 325. The summed E-state index contributed by atoms with van der Waals surface area (Å²) in [6.45, 7) is 2.08. The molecule has 1 aliphatic carbocycles. The number of carbonyl (C=O) groups is 1. The molecule has 82 valence electrons. The molecule has 2 N–H and O–H groups in total. The molecule has 15 heavy (non-hydrogen) atoms. The van der Waals surface area contributed by atoms with E-state index in [1.54, 1.807) is 19.1 Å². The topological polar surface area (TPSA) is 66.8 Å². The third-order valence-electron chi connectivity index (χ3n) is 1.99. The highest BCUT2D eigenvalue weighted by atomic mass is 16.5. The van der Waals surface area contributed by atoms with E-state index in [1.807, 2.05) is 0 Å². The summed E-state index contributed by atoms with van der Waals surface area (Å²) < 4.78 is 4.71. The molecule has 0 spiro atoms. The van der Waals surface area contributed by atoms with Crippen molar-refractivity contribution < 1.29 is 19.7 Å². The van der Waals surface area contributed by atoms with Gasteiger partial charge in [0.25, 0.3) is 0 Å². The van der Waals surface area contributed by atoms with E-state index in [9.17, 15) is 9.90 Å². The first kappa shape index (κ1) is 11.4. The molecule has 1 rings (SSSR count). The fourth-order valence-electron chi connectivity index (χ4n) is 1.23. The second-order valence-electron chi connectivity index (χ2n) is 3.17. The van der Waals surface area contributed by atoms with E-state index in [1.165, 1.54) is 12.2 Å². The Morgan fingerprint density at radius 1 is 1.67 bits per heavy atom. The van der Waals surface area contributed by atoms with Gasteiger partial charge in [0.15, 0.2) is 5.76 Å². The molecule has 1 atom stereocenters. The number of ether oxygens (including phenoxy) is 1. The van der Waals surface area contributed by atoms with E-state index in [-0.39, 0.29) is 17.4 Å². The second-order valence-corrected chi connectivity index (χ2v) is 3.17. The lowest BCUT2D eigenvalue weighted by Gasteiger charge is -2.12. The van der Waals surface area contributed by atoms with Crippen molar-refractivity contribution in [3.63, 3.8) is 0 Å².